The molecule has 0 aliphatic carbocycles. The highest BCUT2D eigenvalue weighted by atomic mass is 127. The average Bonchev–Trinajstić information content (AvgIpc) is 2.55. The van der Waals surface area contributed by atoms with Crippen molar-refractivity contribution in [1.29, 1.82) is 0 Å². The molecular weight excluding hydrogens is 459 g/mol. The predicted octanol–water partition coefficient (Wildman–Crippen LogP) is 3.62. The molecule has 0 spiro atoms. The van der Waals surface area contributed by atoms with E-state index in [1.165, 1.54) is 0 Å². The summed E-state index contributed by atoms with van der Waals surface area (Å²) in [5, 5.41) is 6.52. The number of hydrogen-bond acceptors (Lipinski definition) is 4. The molecule has 1 amide bonds. The Labute approximate surface area is 183 Å². The van der Waals surface area contributed by atoms with Gasteiger partial charge < -0.3 is 25.0 Å². The van der Waals surface area contributed by atoms with E-state index in [0.717, 1.165) is 51.5 Å². The molecule has 8 heteroatoms. The first kappa shape index (κ1) is 28.4. The van der Waals surface area contributed by atoms with E-state index < -0.39 is 5.60 Å². The Kier molecular flexibility index (Phi) is 18.3. The summed E-state index contributed by atoms with van der Waals surface area (Å²) in [5.41, 5.74) is -0.478. The van der Waals surface area contributed by atoms with Gasteiger partial charge in [-0.1, -0.05) is 6.92 Å². The van der Waals surface area contributed by atoms with Crippen LogP contribution in [0.5, 0.6) is 0 Å². The standard InChI is InChI=1S/C19H40N4O3.HI/c1-7-14-23(18(24)26-19(4,5)6)15-13-22-17(20-8-2)21-12-10-11-16-25-9-3;/h7-16H2,1-6H3,(H2,20,21,22);1H. The van der Waals surface area contributed by atoms with Gasteiger partial charge in [0.25, 0.3) is 0 Å². The van der Waals surface area contributed by atoms with E-state index in [9.17, 15) is 4.79 Å². The fourth-order valence-electron chi connectivity index (χ4n) is 2.19. The lowest BCUT2D eigenvalue weighted by Crippen LogP contribution is -2.44. The molecule has 0 aliphatic rings. The van der Waals surface area contributed by atoms with Crippen LogP contribution < -0.4 is 10.6 Å². The van der Waals surface area contributed by atoms with Crippen LogP contribution in [-0.4, -0.2) is 68.5 Å². The normalized spacial score (nSPS) is 11.6. The number of carbonyl (C=O) groups is 1. The van der Waals surface area contributed by atoms with E-state index in [0.29, 0.717) is 19.6 Å². The Balaban J connectivity index is 0. The van der Waals surface area contributed by atoms with Crippen molar-refractivity contribution in [1.82, 2.24) is 15.5 Å². The molecule has 0 atom stereocenters. The molecule has 0 radical (unpaired) electrons. The first-order valence-corrected chi connectivity index (χ1v) is 9.91. The Morgan fingerprint density at radius 3 is 2.33 bits per heavy atom. The number of guanidine groups is 1. The summed E-state index contributed by atoms with van der Waals surface area (Å²) in [6.07, 6.45) is 2.64. The molecule has 0 fully saturated rings. The van der Waals surface area contributed by atoms with Gasteiger partial charge in [-0.05, 0) is 53.9 Å². The minimum atomic E-state index is -0.478. The third-order valence-corrected chi connectivity index (χ3v) is 3.33. The third kappa shape index (κ3) is 17.1. The van der Waals surface area contributed by atoms with Crippen LogP contribution in [0.25, 0.3) is 0 Å². The van der Waals surface area contributed by atoms with Crippen LogP contribution in [-0.2, 0) is 9.47 Å². The third-order valence-electron chi connectivity index (χ3n) is 3.33. The molecule has 0 heterocycles. The summed E-state index contributed by atoms with van der Waals surface area (Å²) in [5.74, 6) is 0.782. The topological polar surface area (TPSA) is 75.2 Å². The number of rotatable bonds is 12. The minimum absolute atomic E-state index is 0. The van der Waals surface area contributed by atoms with E-state index in [1.807, 2.05) is 34.6 Å². The van der Waals surface area contributed by atoms with Gasteiger partial charge in [-0.15, -0.1) is 24.0 Å². The fraction of sp³-hybridized carbons (Fsp3) is 0.895. The molecular formula is C19H41IN4O3. The van der Waals surface area contributed by atoms with Crippen LogP contribution in [0.15, 0.2) is 4.99 Å². The van der Waals surface area contributed by atoms with Crippen molar-refractivity contribution in [3.8, 4) is 0 Å². The number of ether oxygens (including phenoxy) is 2. The Morgan fingerprint density at radius 2 is 1.78 bits per heavy atom. The second-order valence-electron chi connectivity index (χ2n) is 7.06. The lowest BCUT2D eigenvalue weighted by molar-refractivity contribution is 0.0253. The van der Waals surface area contributed by atoms with Crippen molar-refractivity contribution in [3.05, 3.63) is 0 Å². The molecule has 162 valence electrons. The van der Waals surface area contributed by atoms with E-state index in [-0.39, 0.29) is 30.1 Å². The molecule has 0 saturated carbocycles. The van der Waals surface area contributed by atoms with Gasteiger partial charge in [-0.25, -0.2) is 4.79 Å². The summed E-state index contributed by atoms with van der Waals surface area (Å²) in [6.45, 7) is 16.8. The van der Waals surface area contributed by atoms with Crippen LogP contribution in [0.3, 0.4) is 0 Å². The summed E-state index contributed by atoms with van der Waals surface area (Å²) in [7, 11) is 0. The van der Waals surface area contributed by atoms with Gasteiger partial charge in [-0.3, -0.25) is 4.99 Å². The van der Waals surface area contributed by atoms with Gasteiger partial charge in [0.2, 0.25) is 0 Å². The van der Waals surface area contributed by atoms with Crippen molar-refractivity contribution in [2.24, 2.45) is 4.99 Å². The molecule has 0 saturated heterocycles. The number of hydrogen-bond donors (Lipinski definition) is 2. The molecule has 0 rings (SSSR count). The highest BCUT2D eigenvalue weighted by molar-refractivity contribution is 14.0. The van der Waals surface area contributed by atoms with Crippen molar-refractivity contribution >= 4 is 36.0 Å². The molecule has 27 heavy (non-hydrogen) atoms. The number of nitrogens with one attached hydrogen (secondary N) is 2. The summed E-state index contributed by atoms with van der Waals surface area (Å²) >= 11 is 0. The average molecular weight is 500 g/mol. The first-order chi connectivity index (χ1) is 12.3. The second-order valence-corrected chi connectivity index (χ2v) is 7.06. The molecule has 2 N–H and O–H groups in total. The van der Waals surface area contributed by atoms with E-state index in [1.54, 1.807) is 4.90 Å². The van der Waals surface area contributed by atoms with Crippen LogP contribution in [0, 0.1) is 0 Å². The number of unbranched alkanes of at least 4 members (excludes halogenated alkanes) is 1. The van der Waals surface area contributed by atoms with Gasteiger partial charge in [0.05, 0.1) is 0 Å². The zero-order valence-electron chi connectivity index (χ0n) is 18.1. The smallest absolute Gasteiger partial charge is 0.410 e. The quantitative estimate of drug-likeness (QED) is 0.185. The van der Waals surface area contributed by atoms with E-state index in [2.05, 4.69) is 22.5 Å². The lowest BCUT2D eigenvalue weighted by atomic mass is 10.2. The Bertz CT molecular complexity index is 401. The molecule has 0 unspecified atom stereocenters. The van der Waals surface area contributed by atoms with Crippen LogP contribution in [0.2, 0.25) is 0 Å². The van der Waals surface area contributed by atoms with E-state index in [4.69, 9.17) is 9.47 Å². The summed E-state index contributed by atoms with van der Waals surface area (Å²) in [4.78, 5) is 18.6. The maximum Gasteiger partial charge on any atom is 0.410 e. The minimum Gasteiger partial charge on any atom is -0.444 e. The number of aliphatic imine (C=N–C) groups is 1. The number of nitrogens with zero attached hydrogens (tertiary/aromatic N) is 2. The molecule has 0 aliphatic heterocycles. The second kappa shape index (κ2) is 17.3. The monoisotopic (exact) mass is 500 g/mol. The number of amides is 1. The molecule has 0 aromatic rings. The zero-order valence-corrected chi connectivity index (χ0v) is 20.4. The predicted molar refractivity (Wildman–Crippen MR) is 123 cm³/mol. The van der Waals surface area contributed by atoms with Gasteiger partial charge >= 0.3 is 6.09 Å². The largest absolute Gasteiger partial charge is 0.444 e. The van der Waals surface area contributed by atoms with Crippen molar-refractivity contribution < 1.29 is 14.3 Å². The van der Waals surface area contributed by atoms with Gasteiger partial charge in [0.15, 0.2) is 5.96 Å². The van der Waals surface area contributed by atoms with Crippen LogP contribution in [0.4, 0.5) is 4.79 Å². The van der Waals surface area contributed by atoms with Gasteiger partial charge in [0, 0.05) is 45.9 Å². The fourth-order valence-corrected chi connectivity index (χ4v) is 2.19. The zero-order chi connectivity index (χ0) is 19.8. The van der Waals surface area contributed by atoms with Crippen LogP contribution >= 0.6 is 24.0 Å². The number of halogens is 1. The Hall–Kier alpha value is -0.770. The summed E-state index contributed by atoms with van der Waals surface area (Å²) in [6, 6.07) is 0. The Morgan fingerprint density at radius 1 is 1.07 bits per heavy atom. The lowest BCUT2D eigenvalue weighted by Gasteiger charge is -2.27. The van der Waals surface area contributed by atoms with Crippen LogP contribution in [0.1, 0.15) is 60.8 Å². The van der Waals surface area contributed by atoms with Gasteiger partial charge in [0.1, 0.15) is 5.60 Å². The molecule has 0 aromatic carbocycles. The van der Waals surface area contributed by atoms with Gasteiger partial charge in [-0.2, -0.15) is 0 Å². The first-order valence-electron chi connectivity index (χ1n) is 9.91. The van der Waals surface area contributed by atoms with Crippen molar-refractivity contribution in [3.63, 3.8) is 0 Å². The molecule has 0 aromatic heterocycles. The number of carbonyl (C=O) groups excluding carboxylic acids is 1. The maximum absolute atomic E-state index is 12.3. The molecule has 7 nitrogen and oxygen atoms in total. The summed E-state index contributed by atoms with van der Waals surface area (Å²) < 4.78 is 10.8. The SMILES string of the molecule is CCCN(CCNC(=NCCCCOCC)NCC)C(=O)OC(C)(C)C.I. The highest BCUT2D eigenvalue weighted by Gasteiger charge is 2.21. The van der Waals surface area contributed by atoms with Crippen molar-refractivity contribution in [2.45, 2.75) is 66.4 Å². The van der Waals surface area contributed by atoms with E-state index >= 15 is 0 Å². The molecule has 0 bridgehead atoms. The maximum atomic E-state index is 12.3. The highest BCUT2D eigenvalue weighted by Crippen LogP contribution is 2.10. The van der Waals surface area contributed by atoms with Crippen molar-refractivity contribution in [2.75, 3.05) is 45.9 Å².